The van der Waals surface area contributed by atoms with Crippen LogP contribution in [0.15, 0.2) is 0 Å². The molecule has 0 saturated heterocycles. The average molecular weight is 300 g/mol. The molecule has 1 aliphatic rings. The Hall–Kier alpha value is -0.810. The molecule has 1 amide bonds. The van der Waals surface area contributed by atoms with E-state index in [1.165, 1.54) is 0 Å². The predicted molar refractivity (Wildman–Crippen MR) is 84.5 cm³/mol. The number of amides is 1. The average Bonchev–Trinajstić information content (AvgIpc) is 2.42. The van der Waals surface area contributed by atoms with Crippen LogP contribution < -0.4 is 5.32 Å². The zero-order valence-electron chi connectivity index (χ0n) is 14.3. The van der Waals surface area contributed by atoms with Crippen molar-refractivity contribution in [1.82, 2.24) is 10.2 Å². The molecule has 1 N–H and O–H groups in total. The Morgan fingerprint density at radius 2 is 1.86 bits per heavy atom. The molecule has 1 saturated carbocycles. The Kier molecular flexibility index (Phi) is 7.46. The highest BCUT2D eigenvalue weighted by Crippen LogP contribution is 2.20. The summed E-state index contributed by atoms with van der Waals surface area (Å²) in [6.45, 7) is 9.84. The third-order valence-electron chi connectivity index (χ3n) is 3.86. The number of likely N-dealkylation sites (N-methyl/N-ethyl adjacent to an activating group) is 1. The first-order chi connectivity index (χ1) is 9.85. The molecular formula is C16H32N2O3. The molecule has 0 heterocycles. The van der Waals surface area contributed by atoms with E-state index in [1.807, 2.05) is 27.7 Å². The number of hydrogen-bond donors (Lipinski definition) is 1. The van der Waals surface area contributed by atoms with E-state index in [-0.39, 0.29) is 6.09 Å². The molecule has 0 aromatic carbocycles. The van der Waals surface area contributed by atoms with Crippen molar-refractivity contribution in [2.75, 3.05) is 26.7 Å². The van der Waals surface area contributed by atoms with Gasteiger partial charge >= 0.3 is 6.09 Å². The Labute approximate surface area is 129 Å². The first-order valence-electron chi connectivity index (χ1n) is 8.09. The quantitative estimate of drug-likeness (QED) is 0.819. The van der Waals surface area contributed by atoms with E-state index in [9.17, 15) is 4.79 Å². The van der Waals surface area contributed by atoms with Gasteiger partial charge in [-0.1, -0.05) is 0 Å². The smallest absolute Gasteiger partial charge is 0.410 e. The van der Waals surface area contributed by atoms with Crippen molar-refractivity contribution in [2.24, 2.45) is 0 Å². The fraction of sp³-hybridized carbons (Fsp3) is 0.938. The van der Waals surface area contributed by atoms with E-state index in [0.29, 0.717) is 25.2 Å². The normalized spacial score (nSPS) is 22.9. The van der Waals surface area contributed by atoms with Crippen LogP contribution in [0.2, 0.25) is 0 Å². The molecule has 1 rings (SSSR count). The van der Waals surface area contributed by atoms with Gasteiger partial charge < -0.3 is 19.7 Å². The van der Waals surface area contributed by atoms with Crippen molar-refractivity contribution >= 4 is 6.09 Å². The molecule has 5 nitrogen and oxygen atoms in total. The highest BCUT2D eigenvalue weighted by atomic mass is 16.6. The topological polar surface area (TPSA) is 50.8 Å². The van der Waals surface area contributed by atoms with Crippen LogP contribution in [0.4, 0.5) is 4.79 Å². The molecule has 1 aliphatic carbocycles. The summed E-state index contributed by atoms with van der Waals surface area (Å²) in [5.74, 6) is 0. The molecule has 0 aromatic heterocycles. The molecule has 0 radical (unpaired) electrons. The summed E-state index contributed by atoms with van der Waals surface area (Å²) < 4.78 is 10.8. The minimum atomic E-state index is -0.434. The van der Waals surface area contributed by atoms with Crippen LogP contribution in [-0.2, 0) is 9.47 Å². The van der Waals surface area contributed by atoms with E-state index in [0.717, 1.165) is 32.2 Å². The van der Waals surface area contributed by atoms with E-state index < -0.39 is 5.60 Å². The molecule has 0 atom stereocenters. The lowest BCUT2D eigenvalue weighted by Crippen LogP contribution is -2.43. The van der Waals surface area contributed by atoms with E-state index in [4.69, 9.17) is 9.47 Å². The number of ether oxygens (including phenoxy) is 2. The molecule has 1 fully saturated rings. The highest BCUT2D eigenvalue weighted by Gasteiger charge is 2.22. The van der Waals surface area contributed by atoms with Crippen molar-refractivity contribution in [3.8, 4) is 0 Å². The summed E-state index contributed by atoms with van der Waals surface area (Å²) in [7, 11) is 1.79. The van der Waals surface area contributed by atoms with Crippen molar-refractivity contribution in [3.63, 3.8) is 0 Å². The summed E-state index contributed by atoms with van der Waals surface area (Å²) in [6, 6.07) is 0.550. The van der Waals surface area contributed by atoms with Crippen LogP contribution in [0.5, 0.6) is 0 Å². The summed E-state index contributed by atoms with van der Waals surface area (Å²) in [5, 5.41) is 3.54. The lowest BCUT2D eigenvalue weighted by Gasteiger charge is -2.30. The van der Waals surface area contributed by atoms with Crippen LogP contribution >= 0.6 is 0 Å². The third kappa shape index (κ3) is 7.14. The van der Waals surface area contributed by atoms with Crippen LogP contribution in [-0.4, -0.2) is 55.5 Å². The van der Waals surface area contributed by atoms with Crippen LogP contribution in [0.25, 0.3) is 0 Å². The molecule has 21 heavy (non-hydrogen) atoms. The monoisotopic (exact) mass is 300 g/mol. The number of nitrogens with zero attached hydrogens (tertiary/aromatic N) is 1. The fourth-order valence-corrected chi connectivity index (χ4v) is 2.61. The van der Waals surface area contributed by atoms with Gasteiger partial charge in [-0.25, -0.2) is 4.79 Å². The van der Waals surface area contributed by atoms with E-state index in [1.54, 1.807) is 12.0 Å². The summed E-state index contributed by atoms with van der Waals surface area (Å²) in [4.78, 5) is 13.8. The third-order valence-corrected chi connectivity index (χ3v) is 3.86. The minimum Gasteiger partial charge on any atom is -0.444 e. The van der Waals surface area contributed by atoms with Gasteiger partial charge in [0.05, 0.1) is 6.10 Å². The summed E-state index contributed by atoms with van der Waals surface area (Å²) in [5.41, 5.74) is -0.434. The maximum Gasteiger partial charge on any atom is 0.410 e. The largest absolute Gasteiger partial charge is 0.444 e. The maximum atomic E-state index is 12.0. The van der Waals surface area contributed by atoms with Crippen molar-refractivity contribution in [1.29, 1.82) is 0 Å². The van der Waals surface area contributed by atoms with Gasteiger partial charge in [0.15, 0.2) is 0 Å². The molecule has 124 valence electrons. The SMILES string of the molecule is CCN(CCNC1CCC(OC)CC1)C(=O)OC(C)(C)C. The lowest BCUT2D eigenvalue weighted by atomic mass is 9.93. The zero-order chi connectivity index (χ0) is 15.9. The molecule has 0 aliphatic heterocycles. The number of carbonyl (C=O) groups is 1. The number of hydrogen-bond acceptors (Lipinski definition) is 4. The maximum absolute atomic E-state index is 12.0. The van der Waals surface area contributed by atoms with E-state index in [2.05, 4.69) is 5.32 Å². The Morgan fingerprint density at radius 1 is 1.24 bits per heavy atom. The molecular weight excluding hydrogens is 268 g/mol. The lowest BCUT2D eigenvalue weighted by molar-refractivity contribution is 0.0258. The van der Waals surface area contributed by atoms with Gasteiger partial charge in [-0.15, -0.1) is 0 Å². The van der Waals surface area contributed by atoms with Crippen LogP contribution in [0.1, 0.15) is 53.4 Å². The second-order valence-electron chi connectivity index (χ2n) is 6.72. The van der Waals surface area contributed by atoms with Gasteiger partial charge in [0.1, 0.15) is 5.60 Å². The zero-order valence-corrected chi connectivity index (χ0v) is 14.3. The fourth-order valence-electron chi connectivity index (χ4n) is 2.61. The van der Waals surface area contributed by atoms with Crippen LogP contribution in [0, 0.1) is 0 Å². The second-order valence-corrected chi connectivity index (χ2v) is 6.72. The number of methoxy groups -OCH3 is 1. The predicted octanol–water partition coefficient (Wildman–Crippen LogP) is 2.79. The first-order valence-corrected chi connectivity index (χ1v) is 8.09. The van der Waals surface area contributed by atoms with Crippen molar-refractivity contribution < 1.29 is 14.3 Å². The highest BCUT2D eigenvalue weighted by molar-refractivity contribution is 5.68. The van der Waals surface area contributed by atoms with Gasteiger partial charge in [-0.2, -0.15) is 0 Å². The first kappa shape index (κ1) is 18.2. The summed E-state index contributed by atoms with van der Waals surface area (Å²) in [6.07, 6.45) is 4.75. The Bertz CT molecular complexity index is 307. The Morgan fingerprint density at radius 3 is 2.33 bits per heavy atom. The van der Waals surface area contributed by atoms with Gasteiger partial charge in [0.2, 0.25) is 0 Å². The molecule has 0 unspecified atom stereocenters. The van der Waals surface area contributed by atoms with Gasteiger partial charge in [0.25, 0.3) is 0 Å². The molecule has 0 spiro atoms. The second kappa shape index (κ2) is 8.59. The standard InChI is InChI=1S/C16H32N2O3/c1-6-18(15(19)21-16(2,3)4)12-11-17-13-7-9-14(20-5)10-8-13/h13-14,17H,6-12H2,1-5H3. The van der Waals surface area contributed by atoms with Crippen molar-refractivity contribution in [3.05, 3.63) is 0 Å². The van der Waals surface area contributed by atoms with E-state index >= 15 is 0 Å². The number of nitrogens with one attached hydrogen (secondary N) is 1. The van der Waals surface area contributed by atoms with Gasteiger partial charge in [0, 0.05) is 32.8 Å². The summed E-state index contributed by atoms with van der Waals surface area (Å²) >= 11 is 0. The van der Waals surface area contributed by atoms with Crippen molar-refractivity contribution in [2.45, 2.75) is 71.1 Å². The Balaban J connectivity index is 2.25. The molecule has 0 aromatic rings. The van der Waals surface area contributed by atoms with Gasteiger partial charge in [-0.05, 0) is 53.4 Å². The van der Waals surface area contributed by atoms with Gasteiger partial charge in [-0.3, -0.25) is 0 Å². The molecule has 0 bridgehead atoms. The van der Waals surface area contributed by atoms with Crippen LogP contribution in [0.3, 0.4) is 0 Å². The number of carbonyl (C=O) groups excluding carboxylic acids is 1. The molecule has 5 heteroatoms. The minimum absolute atomic E-state index is 0.227. The number of rotatable bonds is 6.